The Balaban J connectivity index is 1.98. The molecule has 3 aromatic carbocycles. The number of aryl methyl sites for hydroxylation is 2. The van der Waals surface area contributed by atoms with Gasteiger partial charge in [0.05, 0.1) is 0 Å². The van der Waals surface area contributed by atoms with Crippen molar-refractivity contribution in [3.63, 3.8) is 0 Å². The SMILES string of the molecule is Cc1ccc(N(c2ccc(C)cc2)c2ccc(C(N)CC(N)=O)cc2)cc1. The van der Waals surface area contributed by atoms with Gasteiger partial charge in [0.1, 0.15) is 0 Å². The summed E-state index contributed by atoms with van der Waals surface area (Å²) in [5.41, 5.74) is 17.8. The lowest BCUT2D eigenvalue weighted by Gasteiger charge is -2.26. The third-order valence-electron chi connectivity index (χ3n) is 4.58. The van der Waals surface area contributed by atoms with E-state index in [1.54, 1.807) is 0 Å². The summed E-state index contributed by atoms with van der Waals surface area (Å²) < 4.78 is 0. The number of benzene rings is 3. The van der Waals surface area contributed by atoms with E-state index < -0.39 is 5.91 Å². The molecule has 0 saturated heterocycles. The van der Waals surface area contributed by atoms with Gasteiger partial charge in [0, 0.05) is 29.5 Å². The average Bonchev–Trinajstić information content (AvgIpc) is 2.65. The molecule has 0 radical (unpaired) electrons. The second kappa shape index (κ2) is 8.06. The van der Waals surface area contributed by atoms with Gasteiger partial charge < -0.3 is 16.4 Å². The highest BCUT2D eigenvalue weighted by Gasteiger charge is 2.14. The molecule has 1 atom stereocenters. The molecule has 1 unspecified atom stereocenters. The molecule has 0 bridgehead atoms. The molecule has 0 aliphatic rings. The molecule has 0 fully saturated rings. The number of carbonyl (C=O) groups is 1. The Morgan fingerprint density at radius 1 is 0.778 bits per heavy atom. The summed E-state index contributed by atoms with van der Waals surface area (Å²) in [5.74, 6) is -0.396. The monoisotopic (exact) mass is 359 g/mol. The van der Waals surface area contributed by atoms with Gasteiger partial charge in [-0.25, -0.2) is 0 Å². The van der Waals surface area contributed by atoms with Crippen LogP contribution < -0.4 is 16.4 Å². The number of primary amides is 1. The molecule has 0 saturated carbocycles. The van der Waals surface area contributed by atoms with E-state index in [4.69, 9.17) is 11.5 Å². The van der Waals surface area contributed by atoms with Crippen LogP contribution in [0, 0.1) is 13.8 Å². The Hall–Kier alpha value is -3.11. The first-order chi connectivity index (χ1) is 12.9. The van der Waals surface area contributed by atoms with E-state index >= 15 is 0 Å². The molecular weight excluding hydrogens is 334 g/mol. The van der Waals surface area contributed by atoms with Crippen LogP contribution in [0.15, 0.2) is 72.8 Å². The summed E-state index contributed by atoms with van der Waals surface area (Å²) in [5, 5.41) is 0. The number of nitrogens with two attached hydrogens (primary N) is 2. The largest absolute Gasteiger partial charge is 0.370 e. The summed E-state index contributed by atoms with van der Waals surface area (Å²) in [7, 11) is 0. The molecule has 3 rings (SSSR count). The molecular formula is C23H25N3O. The second-order valence-corrected chi connectivity index (χ2v) is 6.87. The van der Waals surface area contributed by atoms with Crippen molar-refractivity contribution >= 4 is 23.0 Å². The predicted octanol–water partition coefficient (Wildman–Crippen LogP) is 4.65. The van der Waals surface area contributed by atoms with Crippen LogP contribution in [0.4, 0.5) is 17.1 Å². The van der Waals surface area contributed by atoms with Crippen LogP contribution in [0.1, 0.15) is 29.2 Å². The molecule has 27 heavy (non-hydrogen) atoms. The third-order valence-corrected chi connectivity index (χ3v) is 4.58. The van der Waals surface area contributed by atoms with Crippen molar-refractivity contribution < 1.29 is 4.79 Å². The fourth-order valence-electron chi connectivity index (χ4n) is 3.04. The van der Waals surface area contributed by atoms with Gasteiger partial charge in [-0.3, -0.25) is 4.79 Å². The number of amides is 1. The maximum Gasteiger partial charge on any atom is 0.219 e. The van der Waals surface area contributed by atoms with E-state index in [0.29, 0.717) is 0 Å². The molecule has 4 N–H and O–H groups in total. The lowest BCUT2D eigenvalue weighted by molar-refractivity contribution is -0.118. The van der Waals surface area contributed by atoms with Gasteiger partial charge in [-0.05, 0) is 55.8 Å². The van der Waals surface area contributed by atoms with Crippen molar-refractivity contribution in [2.75, 3.05) is 4.90 Å². The topological polar surface area (TPSA) is 72.3 Å². The van der Waals surface area contributed by atoms with Gasteiger partial charge in [-0.1, -0.05) is 47.5 Å². The van der Waals surface area contributed by atoms with Crippen molar-refractivity contribution in [1.29, 1.82) is 0 Å². The van der Waals surface area contributed by atoms with Crippen LogP contribution in [0.5, 0.6) is 0 Å². The predicted molar refractivity (Wildman–Crippen MR) is 111 cm³/mol. The zero-order valence-electron chi connectivity index (χ0n) is 15.7. The maximum atomic E-state index is 11.1. The van der Waals surface area contributed by atoms with Crippen LogP contribution in [0.3, 0.4) is 0 Å². The lowest BCUT2D eigenvalue weighted by Crippen LogP contribution is -2.20. The maximum absolute atomic E-state index is 11.1. The molecule has 4 nitrogen and oxygen atoms in total. The van der Waals surface area contributed by atoms with Gasteiger partial charge in [0.25, 0.3) is 0 Å². The zero-order chi connectivity index (χ0) is 19.4. The number of anilines is 3. The molecule has 0 aliphatic carbocycles. The average molecular weight is 359 g/mol. The van der Waals surface area contributed by atoms with Crippen molar-refractivity contribution in [3.8, 4) is 0 Å². The van der Waals surface area contributed by atoms with E-state index in [1.807, 2.05) is 24.3 Å². The van der Waals surface area contributed by atoms with Crippen LogP contribution in [0.2, 0.25) is 0 Å². The van der Waals surface area contributed by atoms with E-state index in [2.05, 4.69) is 67.3 Å². The Bertz CT molecular complexity index is 854. The Kier molecular flexibility index (Phi) is 5.57. The first-order valence-electron chi connectivity index (χ1n) is 9.01. The van der Waals surface area contributed by atoms with Crippen LogP contribution in [-0.2, 0) is 4.79 Å². The van der Waals surface area contributed by atoms with Crippen molar-refractivity contribution in [3.05, 3.63) is 89.5 Å². The van der Waals surface area contributed by atoms with Crippen LogP contribution >= 0.6 is 0 Å². The minimum Gasteiger partial charge on any atom is -0.370 e. The molecule has 0 heterocycles. The first kappa shape index (κ1) is 18.7. The van der Waals surface area contributed by atoms with Crippen LogP contribution in [-0.4, -0.2) is 5.91 Å². The van der Waals surface area contributed by atoms with Crippen LogP contribution in [0.25, 0.3) is 0 Å². The standard InChI is InChI=1S/C23H25N3O/c1-16-3-9-19(10-4-16)26(20-11-5-17(2)6-12-20)21-13-7-18(8-14-21)22(24)15-23(25)27/h3-14,22H,15,24H2,1-2H3,(H2,25,27). The van der Waals surface area contributed by atoms with Gasteiger partial charge in [-0.15, -0.1) is 0 Å². The Morgan fingerprint density at radius 3 is 1.52 bits per heavy atom. The Labute approximate surface area is 160 Å². The molecule has 3 aromatic rings. The molecule has 1 amide bonds. The van der Waals surface area contributed by atoms with Gasteiger partial charge in [-0.2, -0.15) is 0 Å². The third kappa shape index (κ3) is 4.54. The number of hydrogen-bond donors (Lipinski definition) is 2. The number of rotatable bonds is 6. The molecule has 0 spiro atoms. The first-order valence-corrected chi connectivity index (χ1v) is 9.01. The fraction of sp³-hybridized carbons (Fsp3) is 0.174. The summed E-state index contributed by atoms with van der Waals surface area (Å²) >= 11 is 0. The number of nitrogens with zero attached hydrogens (tertiary/aromatic N) is 1. The van der Waals surface area contributed by atoms with Crippen molar-refractivity contribution in [2.45, 2.75) is 26.3 Å². The van der Waals surface area contributed by atoms with E-state index in [0.717, 1.165) is 22.6 Å². The highest BCUT2D eigenvalue weighted by Crippen LogP contribution is 2.35. The van der Waals surface area contributed by atoms with E-state index in [-0.39, 0.29) is 12.5 Å². The molecule has 0 aliphatic heterocycles. The zero-order valence-corrected chi connectivity index (χ0v) is 15.7. The van der Waals surface area contributed by atoms with Gasteiger partial charge >= 0.3 is 0 Å². The van der Waals surface area contributed by atoms with Gasteiger partial charge in [0.2, 0.25) is 5.91 Å². The smallest absolute Gasteiger partial charge is 0.219 e. The summed E-state index contributed by atoms with van der Waals surface area (Å²) in [6.07, 6.45) is 0.138. The fourth-order valence-corrected chi connectivity index (χ4v) is 3.04. The number of carbonyl (C=O) groups excluding carboxylic acids is 1. The quantitative estimate of drug-likeness (QED) is 0.673. The second-order valence-electron chi connectivity index (χ2n) is 6.87. The molecule has 4 heteroatoms. The highest BCUT2D eigenvalue weighted by molar-refractivity contribution is 5.77. The summed E-state index contributed by atoms with van der Waals surface area (Å²) in [6.45, 7) is 4.16. The Morgan fingerprint density at radius 2 is 1.15 bits per heavy atom. The normalized spacial score (nSPS) is 11.8. The minimum atomic E-state index is -0.396. The lowest BCUT2D eigenvalue weighted by atomic mass is 10.0. The number of hydrogen-bond acceptors (Lipinski definition) is 3. The summed E-state index contributed by atoms with van der Waals surface area (Å²) in [4.78, 5) is 13.3. The van der Waals surface area contributed by atoms with E-state index in [9.17, 15) is 4.79 Å². The van der Waals surface area contributed by atoms with Crippen molar-refractivity contribution in [1.82, 2.24) is 0 Å². The highest BCUT2D eigenvalue weighted by atomic mass is 16.1. The minimum absolute atomic E-state index is 0.138. The molecule has 138 valence electrons. The molecule has 0 aromatic heterocycles. The van der Waals surface area contributed by atoms with Crippen molar-refractivity contribution in [2.24, 2.45) is 11.5 Å². The summed E-state index contributed by atoms with van der Waals surface area (Å²) in [6, 6.07) is 24.4. The van der Waals surface area contributed by atoms with Gasteiger partial charge in [0.15, 0.2) is 0 Å². The van der Waals surface area contributed by atoms with E-state index in [1.165, 1.54) is 11.1 Å².